The van der Waals surface area contributed by atoms with Crippen molar-refractivity contribution in [2.75, 3.05) is 0 Å². The fraction of sp³-hybridized carbons (Fsp3) is 0.545. The van der Waals surface area contributed by atoms with Crippen molar-refractivity contribution in [1.29, 1.82) is 0 Å². The third kappa shape index (κ3) is 2.73. The molecule has 2 N–H and O–H groups in total. The van der Waals surface area contributed by atoms with E-state index in [2.05, 4.69) is 4.72 Å². The zero-order valence-corrected chi connectivity index (χ0v) is 11.8. The second-order valence-electron chi connectivity index (χ2n) is 4.63. The van der Waals surface area contributed by atoms with E-state index in [1.165, 1.54) is 6.07 Å². The van der Waals surface area contributed by atoms with Crippen LogP contribution in [0.25, 0.3) is 0 Å². The maximum atomic E-state index is 12.1. The monoisotopic (exact) mass is 289 g/mol. The first-order chi connectivity index (χ1) is 8.31. The highest BCUT2D eigenvalue weighted by atomic mass is 32.2. The maximum Gasteiger partial charge on any atom is 0.346 e. The molecule has 0 spiro atoms. The molecule has 1 aromatic heterocycles. The van der Waals surface area contributed by atoms with Crippen molar-refractivity contribution < 1.29 is 18.3 Å². The molecule has 0 saturated heterocycles. The lowest BCUT2D eigenvalue weighted by molar-refractivity contribution is 0.0701. The fourth-order valence-corrected chi connectivity index (χ4v) is 4.50. The first-order valence-electron chi connectivity index (χ1n) is 5.67. The smallest absolute Gasteiger partial charge is 0.346 e. The van der Waals surface area contributed by atoms with Crippen LogP contribution in [0.5, 0.6) is 0 Å². The van der Waals surface area contributed by atoms with Gasteiger partial charge in [-0.05, 0) is 44.2 Å². The third-order valence-electron chi connectivity index (χ3n) is 3.02. The van der Waals surface area contributed by atoms with E-state index in [1.54, 1.807) is 6.92 Å². The van der Waals surface area contributed by atoms with Gasteiger partial charge < -0.3 is 5.11 Å². The minimum absolute atomic E-state index is 0.0740. The van der Waals surface area contributed by atoms with Crippen molar-refractivity contribution in [2.24, 2.45) is 5.92 Å². The summed E-state index contributed by atoms with van der Waals surface area (Å²) in [6, 6.07) is 1.32. The van der Waals surface area contributed by atoms with Gasteiger partial charge in [-0.2, -0.15) is 0 Å². The van der Waals surface area contributed by atoms with E-state index in [0.29, 0.717) is 11.5 Å². The van der Waals surface area contributed by atoms with Crippen LogP contribution in [-0.2, 0) is 10.0 Å². The number of aryl methyl sites for hydroxylation is 1. The summed E-state index contributed by atoms with van der Waals surface area (Å²) in [6.45, 7) is 3.44. The molecule has 5 nitrogen and oxygen atoms in total. The van der Waals surface area contributed by atoms with Crippen molar-refractivity contribution in [3.05, 3.63) is 16.5 Å². The summed E-state index contributed by atoms with van der Waals surface area (Å²) in [4.78, 5) is 11.0. The highest BCUT2D eigenvalue weighted by Crippen LogP contribution is 2.33. The molecular weight excluding hydrogens is 274 g/mol. The van der Waals surface area contributed by atoms with Gasteiger partial charge in [-0.15, -0.1) is 11.3 Å². The molecule has 0 amide bonds. The summed E-state index contributed by atoms with van der Waals surface area (Å²) in [5.41, 5.74) is 0.479. The standard InChI is InChI=1S/C11H15NO4S2/c1-6-5-9(17-10(6)11(13)14)18(15,16)12-7(2)8-3-4-8/h5,7-8,12H,3-4H2,1-2H3,(H,13,14). The van der Waals surface area contributed by atoms with Gasteiger partial charge >= 0.3 is 5.97 Å². The predicted molar refractivity (Wildman–Crippen MR) is 68.5 cm³/mol. The van der Waals surface area contributed by atoms with Gasteiger partial charge in [-0.25, -0.2) is 17.9 Å². The predicted octanol–water partition coefficient (Wildman–Crippen LogP) is 1.83. The molecule has 1 atom stereocenters. The molecule has 0 bridgehead atoms. The molecule has 7 heteroatoms. The Kier molecular flexibility index (Phi) is 3.48. The number of nitrogens with one attached hydrogen (secondary N) is 1. The van der Waals surface area contributed by atoms with Gasteiger partial charge in [0.2, 0.25) is 10.0 Å². The second kappa shape index (κ2) is 4.64. The molecule has 1 aliphatic carbocycles. The van der Waals surface area contributed by atoms with Crippen LogP contribution in [-0.4, -0.2) is 25.5 Å². The van der Waals surface area contributed by atoms with Crippen molar-refractivity contribution >= 4 is 27.3 Å². The quantitative estimate of drug-likeness (QED) is 0.866. The van der Waals surface area contributed by atoms with E-state index in [0.717, 1.165) is 24.2 Å². The molecule has 100 valence electrons. The van der Waals surface area contributed by atoms with Gasteiger partial charge in [0, 0.05) is 6.04 Å². The van der Waals surface area contributed by atoms with E-state index in [1.807, 2.05) is 6.92 Å². The Balaban J connectivity index is 2.23. The largest absolute Gasteiger partial charge is 0.477 e. The molecule has 1 saturated carbocycles. The van der Waals surface area contributed by atoms with Gasteiger partial charge in [-0.3, -0.25) is 0 Å². The molecule has 1 fully saturated rings. The molecule has 18 heavy (non-hydrogen) atoms. The summed E-state index contributed by atoms with van der Waals surface area (Å²) in [6.07, 6.45) is 2.10. The average molecular weight is 289 g/mol. The lowest BCUT2D eigenvalue weighted by Crippen LogP contribution is -2.33. The molecule has 0 aliphatic heterocycles. The summed E-state index contributed by atoms with van der Waals surface area (Å²) in [5.74, 6) is -0.672. The molecule has 0 radical (unpaired) electrons. The number of sulfonamides is 1. The number of aromatic carboxylic acids is 1. The van der Waals surface area contributed by atoms with Gasteiger partial charge in [0.15, 0.2) is 0 Å². The maximum absolute atomic E-state index is 12.1. The third-order valence-corrected chi connectivity index (χ3v) is 6.28. The topological polar surface area (TPSA) is 83.5 Å². The highest BCUT2D eigenvalue weighted by Gasteiger charge is 2.32. The van der Waals surface area contributed by atoms with Crippen LogP contribution >= 0.6 is 11.3 Å². The first-order valence-corrected chi connectivity index (χ1v) is 7.97. The van der Waals surface area contributed by atoms with Crippen LogP contribution in [0.3, 0.4) is 0 Å². The number of rotatable bonds is 5. The normalized spacial score (nSPS) is 17.7. The Bertz CT molecular complexity index is 572. The van der Waals surface area contributed by atoms with E-state index >= 15 is 0 Å². The first kappa shape index (κ1) is 13.5. The highest BCUT2D eigenvalue weighted by molar-refractivity contribution is 7.91. The lowest BCUT2D eigenvalue weighted by Gasteiger charge is -2.11. The van der Waals surface area contributed by atoms with E-state index in [4.69, 9.17) is 5.11 Å². The minimum Gasteiger partial charge on any atom is -0.477 e. The summed E-state index contributed by atoms with van der Waals surface area (Å²) < 4.78 is 26.8. The van der Waals surface area contributed by atoms with Gasteiger partial charge in [0.25, 0.3) is 0 Å². The van der Waals surface area contributed by atoms with E-state index in [9.17, 15) is 13.2 Å². The zero-order chi connectivity index (χ0) is 13.5. The van der Waals surface area contributed by atoms with Crippen LogP contribution in [0.15, 0.2) is 10.3 Å². The molecule has 1 unspecified atom stereocenters. The fourth-order valence-electron chi connectivity index (χ4n) is 1.79. The van der Waals surface area contributed by atoms with Crippen molar-refractivity contribution in [3.63, 3.8) is 0 Å². The molecule has 1 aliphatic rings. The Morgan fingerprint density at radius 2 is 2.17 bits per heavy atom. The molecule has 0 aromatic carbocycles. The second-order valence-corrected chi connectivity index (χ2v) is 7.62. The van der Waals surface area contributed by atoms with Crippen LogP contribution < -0.4 is 4.72 Å². The van der Waals surface area contributed by atoms with E-state index < -0.39 is 16.0 Å². The number of carboxylic acid groups (broad SMARTS) is 1. The molecular formula is C11H15NO4S2. The van der Waals surface area contributed by atoms with Crippen LogP contribution in [0.2, 0.25) is 0 Å². The van der Waals surface area contributed by atoms with Crippen molar-refractivity contribution in [3.8, 4) is 0 Å². The van der Waals surface area contributed by atoms with Crippen molar-refractivity contribution in [1.82, 2.24) is 4.72 Å². The van der Waals surface area contributed by atoms with Crippen molar-refractivity contribution in [2.45, 2.75) is 36.9 Å². The van der Waals surface area contributed by atoms with Gasteiger partial charge in [-0.1, -0.05) is 0 Å². The lowest BCUT2D eigenvalue weighted by atomic mass is 10.2. The summed E-state index contributed by atoms with van der Waals surface area (Å²) >= 11 is 0.799. The number of hydrogen-bond acceptors (Lipinski definition) is 4. The molecule has 2 rings (SSSR count). The minimum atomic E-state index is -3.59. The van der Waals surface area contributed by atoms with E-state index in [-0.39, 0.29) is 15.1 Å². The van der Waals surface area contributed by atoms with Crippen LogP contribution in [0.4, 0.5) is 0 Å². The Morgan fingerprint density at radius 3 is 2.61 bits per heavy atom. The number of thiophene rings is 1. The summed E-state index contributed by atoms with van der Waals surface area (Å²) in [7, 11) is -3.59. The number of carbonyl (C=O) groups is 1. The molecule has 1 aromatic rings. The zero-order valence-electron chi connectivity index (χ0n) is 10.1. The van der Waals surface area contributed by atoms with Gasteiger partial charge in [0.05, 0.1) is 0 Å². The van der Waals surface area contributed by atoms with Gasteiger partial charge in [0.1, 0.15) is 9.09 Å². The number of hydrogen-bond donors (Lipinski definition) is 2. The summed E-state index contributed by atoms with van der Waals surface area (Å²) in [5, 5.41) is 8.92. The van der Waals surface area contributed by atoms with Crippen LogP contribution in [0.1, 0.15) is 35.0 Å². The number of carboxylic acids is 1. The Labute approximate surface area is 110 Å². The average Bonchev–Trinajstić information content (AvgIpc) is 3.00. The Morgan fingerprint density at radius 1 is 1.56 bits per heavy atom. The van der Waals surface area contributed by atoms with Crippen LogP contribution in [0, 0.1) is 12.8 Å². The Hall–Kier alpha value is -0.920. The SMILES string of the molecule is Cc1cc(S(=O)(=O)NC(C)C2CC2)sc1C(=O)O. The molecule has 1 heterocycles.